The summed E-state index contributed by atoms with van der Waals surface area (Å²) >= 11 is 0. The summed E-state index contributed by atoms with van der Waals surface area (Å²) in [5, 5.41) is 13.4. The number of carbonyl (C=O) groups excluding carboxylic acids is 2. The van der Waals surface area contributed by atoms with Crippen LogP contribution in [-0.2, 0) is 9.53 Å². The molecule has 4 fully saturated rings. The summed E-state index contributed by atoms with van der Waals surface area (Å²) in [4.78, 5) is 30.0. The van der Waals surface area contributed by atoms with E-state index in [0.717, 1.165) is 31.7 Å². The fourth-order valence-corrected chi connectivity index (χ4v) is 6.76. The number of primary amides is 1. The molecule has 2 aliphatic heterocycles. The molecule has 0 spiro atoms. The summed E-state index contributed by atoms with van der Waals surface area (Å²) in [5.41, 5.74) is 4.83. The lowest BCUT2D eigenvalue weighted by molar-refractivity contribution is -0.131. The van der Waals surface area contributed by atoms with E-state index >= 15 is 0 Å². The second kappa shape index (κ2) is 11.3. The lowest BCUT2D eigenvalue weighted by Gasteiger charge is -2.41. The van der Waals surface area contributed by atoms with Gasteiger partial charge < -0.3 is 20.7 Å². The lowest BCUT2D eigenvalue weighted by atomic mass is 9.79. The quantitative estimate of drug-likeness (QED) is 0.616. The van der Waals surface area contributed by atoms with Crippen LogP contribution < -0.4 is 11.1 Å². The van der Waals surface area contributed by atoms with Crippen molar-refractivity contribution in [3.05, 3.63) is 0 Å². The zero-order valence-corrected chi connectivity index (χ0v) is 20.8. The van der Waals surface area contributed by atoms with Crippen LogP contribution in [0.5, 0.6) is 0 Å². The molecule has 0 aromatic heterocycles. The molecule has 3 amide bonds. The Labute approximate surface area is 204 Å². The number of carbonyl (C=O) groups is 2. The van der Waals surface area contributed by atoms with Crippen molar-refractivity contribution < 1.29 is 14.3 Å². The zero-order chi connectivity index (χ0) is 24.1. The normalized spacial score (nSPS) is 34.4. The Morgan fingerprint density at radius 3 is 2.56 bits per heavy atom. The van der Waals surface area contributed by atoms with E-state index in [4.69, 9.17) is 10.5 Å². The summed E-state index contributed by atoms with van der Waals surface area (Å²) in [7, 11) is 0. The third-order valence-electron chi connectivity index (χ3n) is 8.94. The van der Waals surface area contributed by atoms with Crippen molar-refractivity contribution in [3.63, 3.8) is 0 Å². The number of nitrogens with two attached hydrogens (primary N) is 1. The molecule has 3 atom stereocenters. The van der Waals surface area contributed by atoms with E-state index in [2.05, 4.69) is 23.2 Å². The minimum Gasteiger partial charge on any atom is -0.377 e. The van der Waals surface area contributed by atoms with Crippen LogP contribution in [0.3, 0.4) is 0 Å². The molecule has 3 N–H and O–H groups in total. The summed E-state index contributed by atoms with van der Waals surface area (Å²) in [6, 6.07) is 2.11. The summed E-state index contributed by atoms with van der Waals surface area (Å²) in [6.45, 7) is 4.92. The highest BCUT2D eigenvalue weighted by Gasteiger charge is 2.46. The maximum Gasteiger partial charge on any atom is 0.315 e. The van der Waals surface area contributed by atoms with E-state index < -0.39 is 17.5 Å². The van der Waals surface area contributed by atoms with Crippen LogP contribution in [0.25, 0.3) is 0 Å². The zero-order valence-electron chi connectivity index (χ0n) is 20.8. The first kappa shape index (κ1) is 25.2. The van der Waals surface area contributed by atoms with Crippen LogP contribution in [0.2, 0.25) is 0 Å². The van der Waals surface area contributed by atoms with Crippen LogP contribution in [0, 0.1) is 29.1 Å². The number of hydrogen-bond acceptors (Lipinski definition) is 5. The van der Waals surface area contributed by atoms with Gasteiger partial charge >= 0.3 is 6.03 Å². The Bertz CT molecular complexity index is 756. The van der Waals surface area contributed by atoms with Crippen LogP contribution in [0.1, 0.15) is 77.6 Å². The van der Waals surface area contributed by atoms with Gasteiger partial charge in [0.25, 0.3) is 0 Å². The van der Waals surface area contributed by atoms with E-state index in [1.54, 1.807) is 4.90 Å². The predicted molar refractivity (Wildman–Crippen MR) is 130 cm³/mol. The van der Waals surface area contributed by atoms with Crippen LogP contribution in [-0.4, -0.2) is 72.2 Å². The molecule has 0 aromatic rings. The van der Waals surface area contributed by atoms with E-state index in [1.165, 1.54) is 44.9 Å². The van der Waals surface area contributed by atoms with Gasteiger partial charge in [-0.25, -0.2) is 4.79 Å². The van der Waals surface area contributed by atoms with Gasteiger partial charge in [0.05, 0.1) is 31.2 Å². The minimum atomic E-state index is -0.863. The molecule has 2 saturated carbocycles. The molecule has 0 bridgehead atoms. The molecular formula is C26H43N5O3. The van der Waals surface area contributed by atoms with Gasteiger partial charge in [0, 0.05) is 25.7 Å². The minimum absolute atomic E-state index is 0.118. The van der Waals surface area contributed by atoms with Gasteiger partial charge in [0.15, 0.2) is 0 Å². The average Bonchev–Trinajstić information content (AvgIpc) is 3.28. The SMILES string of the molecule is CC1CCC(N2CCC(C#N)(NC(=O)C(CC3CCCCC3)C3COCCN3C(N)=O)C2)CC1. The van der Waals surface area contributed by atoms with E-state index in [1.807, 2.05) is 0 Å². The monoisotopic (exact) mass is 473 g/mol. The first-order chi connectivity index (χ1) is 16.4. The number of ether oxygens (including phenoxy) is 1. The van der Waals surface area contributed by atoms with Gasteiger partial charge in [-0.1, -0.05) is 39.0 Å². The lowest BCUT2D eigenvalue weighted by Crippen LogP contribution is -2.60. The topological polar surface area (TPSA) is 112 Å². The first-order valence-electron chi connectivity index (χ1n) is 13.5. The Hall–Kier alpha value is -1.85. The molecule has 2 heterocycles. The van der Waals surface area contributed by atoms with E-state index in [9.17, 15) is 14.9 Å². The number of hydrogen-bond donors (Lipinski definition) is 2. The highest BCUT2D eigenvalue weighted by molar-refractivity contribution is 5.82. The predicted octanol–water partition coefficient (Wildman–Crippen LogP) is 3.02. The van der Waals surface area contributed by atoms with E-state index in [0.29, 0.717) is 44.7 Å². The van der Waals surface area contributed by atoms with Gasteiger partial charge in [0.2, 0.25) is 5.91 Å². The standard InChI is InChI=1S/C26H43N5O3/c1-19-7-9-21(10-8-19)30-12-11-26(17-27,18-30)29-24(32)22(15-20-5-3-2-4-6-20)23-16-34-14-13-31(23)25(28)33/h19-23H,2-16,18H2,1H3,(H2,28,33)(H,29,32). The third kappa shape index (κ3) is 5.85. The summed E-state index contributed by atoms with van der Waals surface area (Å²) < 4.78 is 5.71. The van der Waals surface area contributed by atoms with Crippen molar-refractivity contribution in [1.82, 2.24) is 15.1 Å². The number of nitriles is 1. The molecule has 0 aromatic carbocycles. The Morgan fingerprint density at radius 2 is 1.88 bits per heavy atom. The Kier molecular flexibility index (Phi) is 8.36. The van der Waals surface area contributed by atoms with Gasteiger partial charge in [-0.15, -0.1) is 0 Å². The summed E-state index contributed by atoms with van der Waals surface area (Å²) in [6.07, 6.45) is 12.1. The van der Waals surface area contributed by atoms with Crippen molar-refractivity contribution in [2.75, 3.05) is 32.8 Å². The first-order valence-corrected chi connectivity index (χ1v) is 13.5. The molecular weight excluding hydrogens is 430 g/mol. The molecule has 8 heteroatoms. The number of amides is 3. The van der Waals surface area contributed by atoms with Gasteiger partial charge in [0.1, 0.15) is 5.54 Å². The molecule has 3 unspecified atom stereocenters. The fourth-order valence-electron chi connectivity index (χ4n) is 6.76. The maximum atomic E-state index is 13.8. The highest BCUT2D eigenvalue weighted by atomic mass is 16.5. The third-order valence-corrected chi connectivity index (χ3v) is 8.94. The van der Waals surface area contributed by atoms with Crippen molar-refractivity contribution in [1.29, 1.82) is 5.26 Å². The molecule has 4 rings (SSSR count). The number of likely N-dealkylation sites (tertiary alicyclic amines) is 1. The number of morpholine rings is 1. The van der Waals surface area contributed by atoms with Crippen molar-refractivity contribution in [3.8, 4) is 6.07 Å². The molecule has 2 aliphatic carbocycles. The van der Waals surface area contributed by atoms with Crippen LogP contribution in [0.4, 0.5) is 4.79 Å². The van der Waals surface area contributed by atoms with Crippen molar-refractivity contribution >= 4 is 11.9 Å². The second-order valence-electron chi connectivity index (χ2n) is 11.3. The Morgan fingerprint density at radius 1 is 1.15 bits per heavy atom. The van der Waals surface area contributed by atoms with Gasteiger partial charge in [-0.2, -0.15) is 5.26 Å². The molecule has 8 nitrogen and oxygen atoms in total. The largest absolute Gasteiger partial charge is 0.377 e. The van der Waals surface area contributed by atoms with Crippen molar-refractivity contribution in [2.45, 2.75) is 95.2 Å². The van der Waals surface area contributed by atoms with Crippen LogP contribution in [0.15, 0.2) is 0 Å². The number of rotatable bonds is 6. The molecule has 190 valence electrons. The van der Waals surface area contributed by atoms with Crippen molar-refractivity contribution in [2.24, 2.45) is 23.5 Å². The average molecular weight is 474 g/mol. The maximum absolute atomic E-state index is 13.8. The highest BCUT2D eigenvalue weighted by Crippen LogP contribution is 2.35. The fraction of sp³-hybridized carbons (Fsp3) is 0.885. The molecule has 34 heavy (non-hydrogen) atoms. The van der Waals surface area contributed by atoms with Gasteiger partial charge in [-0.3, -0.25) is 9.69 Å². The summed E-state index contributed by atoms with van der Waals surface area (Å²) in [5.74, 6) is 0.716. The smallest absolute Gasteiger partial charge is 0.315 e. The second-order valence-corrected chi connectivity index (χ2v) is 11.3. The Balaban J connectivity index is 1.47. The van der Waals surface area contributed by atoms with E-state index in [-0.39, 0.29) is 11.9 Å². The number of urea groups is 1. The number of nitrogens with one attached hydrogen (secondary N) is 1. The molecule has 4 aliphatic rings. The van der Waals surface area contributed by atoms with Gasteiger partial charge in [-0.05, 0) is 50.4 Å². The molecule has 2 saturated heterocycles. The molecule has 0 radical (unpaired) electrons. The van der Waals surface area contributed by atoms with Crippen LogP contribution >= 0.6 is 0 Å². The number of nitrogens with zero attached hydrogens (tertiary/aromatic N) is 3.